The van der Waals surface area contributed by atoms with Gasteiger partial charge in [-0.3, -0.25) is 4.79 Å². The number of anilines is 1. The molecular weight excluding hydrogens is 498 g/mol. The number of benzene rings is 2. The maximum atomic E-state index is 13.5. The molecule has 2 aliphatic rings. The normalized spacial score (nSPS) is 15.2. The van der Waals surface area contributed by atoms with Gasteiger partial charge in [0, 0.05) is 16.1 Å². The SMILES string of the molecule is COC(=O)C1=C(C(=O)OC)N(c2cc3c(cc2C(=O)c2ccc(Br)cc2)OCCO3)COC1. The summed E-state index contributed by atoms with van der Waals surface area (Å²) in [7, 11) is 2.41. The Morgan fingerprint density at radius 2 is 1.58 bits per heavy atom. The molecule has 0 aromatic heterocycles. The summed E-state index contributed by atoms with van der Waals surface area (Å²) in [5, 5.41) is 0. The molecular formula is C23H20BrNO8. The Morgan fingerprint density at radius 3 is 2.21 bits per heavy atom. The van der Waals surface area contributed by atoms with Gasteiger partial charge < -0.3 is 28.6 Å². The topological polar surface area (TPSA) is 101 Å². The van der Waals surface area contributed by atoms with Crippen LogP contribution in [0.1, 0.15) is 15.9 Å². The van der Waals surface area contributed by atoms with E-state index in [0.717, 1.165) is 4.47 Å². The molecule has 0 unspecified atom stereocenters. The quantitative estimate of drug-likeness (QED) is 0.437. The van der Waals surface area contributed by atoms with Crippen molar-refractivity contribution in [3.63, 3.8) is 0 Å². The third-order valence-electron chi connectivity index (χ3n) is 5.14. The first-order valence-electron chi connectivity index (χ1n) is 9.93. The number of fused-ring (bicyclic) bond motifs is 1. The summed E-state index contributed by atoms with van der Waals surface area (Å²) in [4.78, 5) is 40.0. The molecule has 0 radical (unpaired) electrons. The molecule has 2 heterocycles. The number of esters is 2. The molecule has 0 atom stereocenters. The van der Waals surface area contributed by atoms with E-state index in [2.05, 4.69) is 15.9 Å². The highest BCUT2D eigenvalue weighted by molar-refractivity contribution is 9.10. The zero-order valence-corrected chi connectivity index (χ0v) is 19.5. The highest BCUT2D eigenvalue weighted by atomic mass is 79.9. The summed E-state index contributed by atoms with van der Waals surface area (Å²) >= 11 is 3.36. The van der Waals surface area contributed by atoms with E-state index < -0.39 is 11.9 Å². The molecule has 2 aromatic rings. The molecule has 4 rings (SSSR count). The van der Waals surface area contributed by atoms with Crippen molar-refractivity contribution in [2.24, 2.45) is 0 Å². The van der Waals surface area contributed by atoms with Crippen molar-refractivity contribution in [3.8, 4) is 11.5 Å². The summed E-state index contributed by atoms with van der Waals surface area (Å²) in [5.74, 6) is -1.02. The molecule has 0 N–H and O–H groups in total. The molecule has 2 aromatic carbocycles. The van der Waals surface area contributed by atoms with Gasteiger partial charge >= 0.3 is 11.9 Å². The highest BCUT2D eigenvalue weighted by Gasteiger charge is 2.35. The lowest BCUT2D eigenvalue weighted by atomic mass is 9.99. The van der Waals surface area contributed by atoms with Crippen LogP contribution in [0.25, 0.3) is 0 Å². The first-order chi connectivity index (χ1) is 15.9. The van der Waals surface area contributed by atoms with Gasteiger partial charge in [-0.15, -0.1) is 0 Å². The maximum Gasteiger partial charge on any atom is 0.355 e. The van der Waals surface area contributed by atoms with Gasteiger partial charge in [-0.05, 0) is 30.3 Å². The number of methoxy groups -OCH3 is 2. The first kappa shape index (κ1) is 22.8. The van der Waals surface area contributed by atoms with Crippen LogP contribution in [0.15, 0.2) is 52.1 Å². The minimum absolute atomic E-state index is 0.0208. The molecule has 0 bridgehead atoms. The molecule has 0 spiro atoms. The fourth-order valence-corrected chi connectivity index (χ4v) is 3.84. The Kier molecular flexibility index (Phi) is 6.66. The number of ether oxygens (including phenoxy) is 5. The smallest absolute Gasteiger partial charge is 0.355 e. The van der Waals surface area contributed by atoms with E-state index in [9.17, 15) is 14.4 Å². The molecule has 2 aliphatic heterocycles. The molecule has 0 saturated carbocycles. The fraction of sp³-hybridized carbons (Fsp3) is 0.261. The molecule has 33 heavy (non-hydrogen) atoms. The lowest BCUT2D eigenvalue weighted by Gasteiger charge is -2.33. The van der Waals surface area contributed by atoms with Crippen molar-refractivity contribution < 1.29 is 38.1 Å². The molecule has 172 valence electrons. The molecule has 0 amide bonds. The van der Waals surface area contributed by atoms with E-state index in [1.807, 2.05) is 0 Å². The summed E-state index contributed by atoms with van der Waals surface area (Å²) < 4.78 is 27.5. The average molecular weight is 518 g/mol. The van der Waals surface area contributed by atoms with Crippen LogP contribution in [0.5, 0.6) is 11.5 Å². The molecule has 0 aliphatic carbocycles. The second kappa shape index (κ2) is 9.63. The van der Waals surface area contributed by atoms with Crippen LogP contribution in [0.4, 0.5) is 5.69 Å². The fourth-order valence-electron chi connectivity index (χ4n) is 3.57. The third-order valence-corrected chi connectivity index (χ3v) is 5.66. The lowest BCUT2D eigenvalue weighted by Crippen LogP contribution is -2.39. The predicted molar refractivity (Wildman–Crippen MR) is 119 cm³/mol. The monoisotopic (exact) mass is 517 g/mol. The van der Waals surface area contributed by atoms with E-state index in [0.29, 0.717) is 36.0 Å². The lowest BCUT2D eigenvalue weighted by molar-refractivity contribution is -0.140. The van der Waals surface area contributed by atoms with Crippen LogP contribution in [0.2, 0.25) is 0 Å². The molecule has 0 fully saturated rings. The van der Waals surface area contributed by atoms with Gasteiger partial charge in [0.25, 0.3) is 0 Å². The number of rotatable bonds is 5. The third kappa shape index (κ3) is 4.44. The summed E-state index contributed by atoms with van der Waals surface area (Å²) in [5.41, 5.74) is 0.863. The van der Waals surface area contributed by atoms with Crippen LogP contribution in [0.3, 0.4) is 0 Å². The van der Waals surface area contributed by atoms with Gasteiger partial charge in [-0.25, -0.2) is 9.59 Å². The number of ketones is 1. The van der Waals surface area contributed by atoms with E-state index in [-0.39, 0.29) is 36.0 Å². The predicted octanol–water partition coefficient (Wildman–Crippen LogP) is 2.85. The van der Waals surface area contributed by atoms with Crippen molar-refractivity contribution >= 4 is 39.3 Å². The largest absolute Gasteiger partial charge is 0.486 e. The van der Waals surface area contributed by atoms with Crippen LogP contribution in [-0.4, -0.2) is 58.5 Å². The van der Waals surface area contributed by atoms with Crippen LogP contribution < -0.4 is 14.4 Å². The highest BCUT2D eigenvalue weighted by Crippen LogP contribution is 2.40. The molecule has 9 nitrogen and oxygen atoms in total. The van der Waals surface area contributed by atoms with Crippen LogP contribution in [0, 0.1) is 0 Å². The van der Waals surface area contributed by atoms with Gasteiger partial charge in [0.15, 0.2) is 17.3 Å². The second-order valence-electron chi connectivity index (χ2n) is 7.06. The Bertz CT molecular complexity index is 1140. The zero-order valence-electron chi connectivity index (χ0n) is 17.9. The minimum atomic E-state index is -0.768. The van der Waals surface area contributed by atoms with E-state index in [1.165, 1.54) is 19.1 Å². The Morgan fingerprint density at radius 1 is 0.939 bits per heavy atom. The first-order valence-corrected chi connectivity index (χ1v) is 10.7. The molecule has 10 heteroatoms. The van der Waals surface area contributed by atoms with Gasteiger partial charge in [0.05, 0.1) is 37.7 Å². The Balaban J connectivity index is 1.91. The number of carbonyl (C=O) groups is 3. The molecule has 0 saturated heterocycles. The van der Waals surface area contributed by atoms with Gasteiger partial charge in [0.1, 0.15) is 25.6 Å². The van der Waals surface area contributed by atoms with Crippen molar-refractivity contribution in [1.82, 2.24) is 0 Å². The van der Waals surface area contributed by atoms with Gasteiger partial charge in [0.2, 0.25) is 0 Å². The van der Waals surface area contributed by atoms with Crippen molar-refractivity contribution in [3.05, 3.63) is 63.3 Å². The Labute approximate surface area is 197 Å². The standard InChI is InChI=1S/C23H20BrNO8/c1-29-22(27)16-11-31-12-25(20(16)23(28)30-2)17-10-19-18(32-7-8-33-19)9-15(17)21(26)13-3-5-14(24)6-4-13/h3-6,9-10H,7-8,11-12H2,1-2H3. The van der Waals surface area contributed by atoms with E-state index in [1.54, 1.807) is 36.4 Å². The van der Waals surface area contributed by atoms with Crippen LogP contribution in [-0.2, 0) is 23.8 Å². The van der Waals surface area contributed by atoms with Gasteiger partial charge in [-0.2, -0.15) is 0 Å². The minimum Gasteiger partial charge on any atom is -0.486 e. The number of carbonyl (C=O) groups excluding carboxylic acids is 3. The average Bonchev–Trinajstić information content (AvgIpc) is 2.86. The zero-order chi connectivity index (χ0) is 23.5. The summed E-state index contributed by atoms with van der Waals surface area (Å²) in [6, 6.07) is 10.0. The summed E-state index contributed by atoms with van der Waals surface area (Å²) in [6.07, 6.45) is 0. The summed E-state index contributed by atoms with van der Waals surface area (Å²) in [6.45, 7) is 0.417. The van der Waals surface area contributed by atoms with Crippen molar-refractivity contribution in [2.45, 2.75) is 0 Å². The Hall–Kier alpha value is -3.37. The van der Waals surface area contributed by atoms with Crippen LogP contribution >= 0.6 is 15.9 Å². The van der Waals surface area contributed by atoms with E-state index in [4.69, 9.17) is 23.7 Å². The second-order valence-corrected chi connectivity index (χ2v) is 7.98. The van der Waals surface area contributed by atoms with Crippen molar-refractivity contribution in [2.75, 3.05) is 45.7 Å². The van der Waals surface area contributed by atoms with Gasteiger partial charge in [-0.1, -0.05) is 15.9 Å². The number of halogens is 1. The number of nitrogens with zero attached hydrogens (tertiary/aromatic N) is 1. The number of hydrogen-bond acceptors (Lipinski definition) is 9. The van der Waals surface area contributed by atoms with E-state index >= 15 is 0 Å². The van der Waals surface area contributed by atoms with Crippen molar-refractivity contribution in [1.29, 1.82) is 0 Å². The maximum absolute atomic E-state index is 13.5. The number of hydrogen-bond donors (Lipinski definition) is 0.